The fourth-order valence-electron chi connectivity index (χ4n) is 1.61. The molecule has 0 amide bonds. The molecule has 0 nitrogen and oxygen atoms in total. The van der Waals surface area contributed by atoms with Crippen molar-refractivity contribution in [1.29, 1.82) is 0 Å². The minimum atomic E-state index is 0.785. The van der Waals surface area contributed by atoms with Crippen molar-refractivity contribution in [3.8, 4) is 0 Å². The van der Waals surface area contributed by atoms with E-state index in [1.54, 1.807) is 5.57 Å². The molecule has 0 aromatic rings. The van der Waals surface area contributed by atoms with Crippen LogP contribution in [0.2, 0.25) is 0 Å². The Morgan fingerprint density at radius 1 is 1.45 bits per heavy atom. The second kappa shape index (κ2) is 4.15. The quantitative estimate of drug-likeness (QED) is 0.441. The molecule has 0 saturated carbocycles. The molecule has 1 aliphatic carbocycles. The van der Waals surface area contributed by atoms with Crippen LogP contribution in [0.3, 0.4) is 0 Å². The van der Waals surface area contributed by atoms with Gasteiger partial charge in [-0.05, 0) is 31.1 Å². The molecule has 0 spiro atoms. The predicted octanol–water partition coefficient (Wildman–Crippen LogP) is 3.61. The van der Waals surface area contributed by atoms with Crippen molar-refractivity contribution in [2.24, 2.45) is 11.8 Å². The van der Waals surface area contributed by atoms with Crippen LogP contribution in [0.25, 0.3) is 0 Å². The monoisotopic (exact) mass is 172 g/mol. The third-order valence-corrected chi connectivity index (χ3v) is 2.94. The molecule has 0 aromatic carbocycles. The second-order valence-corrected chi connectivity index (χ2v) is 4.07. The molecule has 1 aliphatic rings. The summed E-state index contributed by atoms with van der Waals surface area (Å²) < 4.78 is 0. The van der Waals surface area contributed by atoms with E-state index in [-0.39, 0.29) is 0 Å². The molecule has 0 saturated heterocycles. The van der Waals surface area contributed by atoms with Gasteiger partial charge in [0, 0.05) is 5.88 Å². The maximum atomic E-state index is 5.68. The van der Waals surface area contributed by atoms with E-state index < -0.39 is 0 Å². The summed E-state index contributed by atoms with van der Waals surface area (Å²) in [4.78, 5) is 0. The molecule has 11 heavy (non-hydrogen) atoms. The first-order valence-corrected chi connectivity index (χ1v) is 5.01. The smallest absolute Gasteiger partial charge is 0.0260 e. The third kappa shape index (κ3) is 2.52. The van der Waals surface area contributed by atoms with Crippen LogP contribution in [0.15, 0.2) is 11.6 Å². The van der Waals surface area contributed by atoms with E-state index in [2.05, 4.69) is 19.9 Å². The molecule has 0 heterocycles. The molecule has 0 aromatic heterocycles. The molecular formula is C10H17Cl. The summed E-state index contributed by atoms with van der Waals surface area (Å²) in [6.07, 6.45) is 6.01. The maximum absolute atomic E-state index is 5.68. The van der Waals surface area contributed by atoms with Crippen molar-refractivity contribution < 1.29 is 0 Å². The van der Waals surface area contributed by atoms with Gasteiger partial charge >= 0.3 is 0 Å². The zero-order valence-electron chi connectivity index (χ0n) is 7.44. The first-order chi connectivity index (χ1) is 5.24. The van der Waals surface area contributed by atoms with Crippen molar-refractivity contribution in [2.75, 3.05) is 5.88 Å². The normalized spacial score (nSPS) is 31.7. The average molecular weight is 173 g/mol. The van der Waals surface area contributed by atoms with E-state index in [4.69, 9.17) is 11.6 Å². The van der Waals surface area contributed by atoms with Crippen LogP contribution < -0.4 is 0 Å². The highest BCUT2D eigenvalue weighted by Gasteiger charge is 2.17. The van der Waals surface area contributed by atoms with Gasteiger partial charge < -0.3 is 0 Å². The fraction of sp³-hybridized carbons (Fsp3) is 0.800. The lowest BCUT2D eigenvalue weighted by atomic mass is 9.81. The summed E-state index contributed by atoms with van der Waals surface area (Å²) in [5.41, 5.74) is 1.57. The van der Waals surface area contributed by atoms with Crippen LogP contribution >= 0.6 is 11.6 Å². The van der Waals surface area contributed by atoms with Gasteiger partial charge in [0.2, 0.25) is 0 Å². The standard InChI is InChI=1S/C10H17Cl/c1-8-3-4-10(5-6-11)7-9(8)2/h4,8-9H,3,5-7H2,1-2H3. The largest absolute Gasteiger partial charge is 0.126 e. The van der Waals surface area contributed by atoms with Gasteiger partial charge in [0.25, 0.3) is 0 Å². The topological polar surface area (TPSA) is 0 Å². The predicted molar refractivity (Wildman–Crippen MR) is 51.0 cm³/mol. The Kier molecular flexibility index (Phi) is 3.45. The summed E-state index contributed by atoms with van der Waals surface area (Å²) in [7, 11) is 0. The number of allylic oxidation sites excluding steroid dienone is 2. The van der Waals surface area contributed by atoms with Gasteiger partial charge in [-0.25, -0.2) is 0 Å². The Balaban J connectivity index is 2.45. The second-order valence-electron chi connectivity index (χ2n) is 3.70. The summed E-state index contributed by atoms with van der Waals surface area (Å²) in [5, 5.41) is 0. The number of halogens is 1. The van der Waals surface area contributed by atoms with Crippen molar-refractivity contribution in [3.05, 3.63) is 11.6 Å². The Bertz CT molecular complexity index is 149. The van der Waals surface area contributed by atoms with Crippen LogP contribution in [0.4, 0.5) is 0 Å². The highest BCUT2D eigenvalue weighted by molar-refractivity contribution is 6.17. The van der Waals surface area contributed by atoms with Crippen molar-refractivity contribution in [3.63, 3.8) is 0 Å². The minimum Gasteiger partial charge on any atom is -0.126 e. The third-order valence-electron chi connectivity index (χ3n) is 2.75. The minimum absolute atomic E-state index is 0.785. The summed E-state index contributed by atoms with van der Waals surface area (Å²) in [6, 6.07) is 0. The Hall–Kier alpha value is 0.0300. The molecule has 0 radical (unpaired) electrons. The Labute approximate surface area is 74.6 Å². The highest BCUT2D eigenvalue weighted by atomic mass is 35.5. The van der Waals surface area contributed by atoms with Crippen LogP contribution in [0.5, 0.6) is 0 Å². The van der Waals surface area contributed by atoms with Gasteiger partial charge in [-0.15, -0.1) is 11.6 Å². The van der Waals surface area contributed by atoms with E-state index >= 15 is 0 Å². The van der Waals surface area contributed by atoms with Crippen LogP contribution in [-0.4, -0.2) is 5.88 Å². The zero-order valence-corrected chi connectivity index (χ0v) is 8.19. The molecule has 2 unspecified atom stereocenters. The summed E-state index contributed by atoms with van der Waals surface area (Å²) in [6.45, 7) is 4.67. The van der Waals surface area contributed by atoms with Gasteiger partial charge in [-0.2, -0.15) is 0 Å². The molecule has 0 N–H and O–H groups in total. The molecule has 2 atom stereocenters. The zero-order chi connectivity index (χ0) is 8.27. The Morgan fingerprint density at radius 3 is 2.73 bits per heavy atom. The lowest BCUT2D eigenvalue weighted by Gasteiger charge is -2.25. The molecule has 1 rings (SSSR count). The number of hydrogen-bond donors (Lipinski definition) is 0. The van der Waals surface area contributed by atoms with Crippen LogP contribution in [-0.2, 0) is 0 Å². The SMILES string of the molecule is CC1CC=C(CCCl)CC1C. The van der Waals surface area contributed by atoms with E-state index in [0.717, 1.165) is 24.1 Å². The van der Waals surface area contributed by atoms with Gasteiger partial charge in [0.1, 0.15) is 0 Å². The lowest BCUT2D eigenvalue weighted by Crippen LogP contribution is -2.13. The number of alkyl halides is 1. The fourth-order valence-corrected chi connectivity index (χ4v) is 1.85. The number of hydrogen-bond acceptors (Lipinski definition) is 0. The number of rotatable bonds is 2. The Morgan fingerprint density at radius 2 is 2.18 bits per heavy atom. The first kappa shape index (κ1) is 9.12. The molecule has 0 fully saturated rings. The highest BCUT2D eigenvalue weighted by Crippen LogP contribution is 2.30. The summed E-state index contributed by atoms with van der Waals surface area (Å²) >= 11 is 5.68. The van der Waals surface area contributed by atoms with E-state index in [9.17, 15) is 0 Å². The maximum Gasteiger partial charge on any atom is 0.0260 e. The van der Waals surface area contributed by atoms with Gasteiger partial charge in [-0.1, -0.05) is 25.5 Å². The molecular weight excluding hydrogens is 156 g/mol. The van der Waals surface area contributed by atoms with Gasteiger partial charge in [0.15, 0.2) is 0 Å². The van der Waals surface area contributed by atoms with Crippen molar-refractivity contribution in [2.45, 2.75) is 33.1 Å². The molecule has 0 bridgehead atoms. The van der Waals surface area contributed by atoms with Gasteiger partial charge in [0.05, 0.1) is 0 Å². The van der Waals surface area contributed by atoms with Crippen LogP contribution in [0.1, 0.15) is 33.1 Å². The van der Waals surface area contributed by atoms with E-state index in [0.29, 0.717) is 0 Å². The van der Waals surface area contributed by atoms with Crippen molar-refractivity contribution >= 4 is 11.6 Å². The van der Waals surface area contributed by atoms with E-state index in [1.807, 2.05) is 0 Å². The summed E-state index contributed by atoms with van der Waals surface area (Å²) in [5.74, 6) is 2.51. The molecule has 1 heteroatoms. The average Bonchev–Trinajstić information content (AvgIpc) is 1.98. The molecule has 64 valence electrons. The lowest BCUT2D eigenvalue weighted by molar-refractivity contribution is 0.366. The van der Waals surface area contributed by atoms with E-state index in [1.165, 1.54) is 12.8 Å². The van der Waals surface area contributed by atoms with Gasteiger partial charge in [-0.3, -0.25) is 0 Å². The first-order valence-electron chi connectivity index (χ1n) is 4.48. The van der Waals surface area contributed by atoms with Crippen molar-refractivity contribution in [1.82, 2.24) is 0 Å². The molecule has 0 aliphatic heterocycles. The van der Waals surface area contributed by atoms with Crippen LogP contribution in [0, 0.1) is 11.8 Å².